The normalized spacial score (nSPS) is 22.3. The number of aromatic nitrogens is 3. The van der Waals surface area contributed by atoms with Gasteiger partial charge in [0.1, 0.15) is 5.69 Å². The van der Waals surface area contributed by atoms with Crippen molar-refractivity contribution in [3.8, 4) is 11.5 Å². The molecule has 2 aromatic rings. The molecule has 2 fully saturated rings. The highest BCUT2D eigenvalue weighted by molar-refractivity contribution is 5.48. The maximum absolute atomic E-state index is 12.6. The predicted molar refractivity (Wildman–Crippen MR) is 83.7 cm³/mol. The van der Waals surface area contributed by atoms with Gasteiger partial charge in [0, 0.05) is 24.7 Å². The largest absolute Gasteiger partial charge is 0.471 e. The molecule has 2 aromatic heterocycles. The van der Waals surface area contributed by atoms with Gasteiger partial charge < -0.3 is 9.42 Å². The number of hydrogen-bond acceptors (Lipinski definition) is 5. The van der Waals surface area contributed by atoms with Gasteiger partial charge in [0.25, 0.3) is 0 Å². The van der Waals surface area contributed by atoms with Gasteiger partial charge >= 0.3 is 12.1 Å². The Kier molecular flexibility index (Phi) is 4.23. The van der Waals surface area contributed by atoms with Crippen LogP contribution in [0.5, 0.6) is 0 Å². The highest BCUT2D eigenvalue weighted by atomic mass is 19.4. The summed E-state index contributed by atoms with van der Waals surface area (Å²) in [7, 11) is 0. The lowest BCUT2D eigenvalue weighted by molar-refractivity contribution is -0.159. The van der Waals surface area contributed by atoms with Crippen molar-refractivity contribution in [2.45, 2.75) is 37.8 Å². The molecule has 0 bridgehead atoms. The average Bonchev–Trinajstić information content (AvgIpc) is 3.25. The van der Waals surface area contributed by atoms with Crippen molar-refractivity contribution in [1.29, 1.82) is 0 Å². The van der Waals surface area contributed by atoms with E-state index in [1.54, 1.807) is 12.1 Å². The third-order valence-corrected chi connectivity index (χ3v) is 4.81. The summed E-state index contributed by atoms with van der Waals surface area (Å²) in [6, 6.07) is 5.33. The first kappa shape index (κ1) is 16.5. The topological polar surface area (TPSA) is 55.1 Å². The third-order valence-electron chi connectivity index (χ3n) is 4.81. The minimum atomic E-state index is -4.64. The first-order valence-corrected chi connectivity index (χ1v) is 8.59. The van der Waals surface area contributed by atoms with E-state index in [1.165, 1.54) is 12.8 Å². The Balaban J connectivity index is 1.51. The number of likely N-dealkylation sites (tertiary alicyclic amines) is 1. The van der Waals surface area contributed by atoms with Crippen molar-refractivity contribution >= 4 is 0 Å². The number of rotatable bonds is 4. The molecule has 1 unspecified atom stereocenters. The predicted octanol–water partition coefficient (Wildman–Crippen LogP) is 3.74. The standard InChI is InChI=1S/C17H19F3N4O/c18-17(19,20)16-22-15(23-25-16)14-5-1-4-13(21-14)12-3-2-8-24(10-12)9-11-6-7-11/h1,4-5,11-12H,2-3,6-10H2. The SMILES string of the molecule is FC(F)(F)c1nc(-c2cccc(C3CCCN(CC4CC4)C3)n2)no1. The molecule has 0 N–H and O–H groups in total. The second-order valence-electron chi connectivity index (χ2n) is 6.91. The van der Waals surface area contributed by atoms with E-state index in [0.717, 1.165) is 44.1 Å². The van der Waals surface area contributed by atoms with Crippen molar-refractivity contribution in [1.82, 2.24) is 20.0 Å². The molecule has 1 saturated heterocycles. The van der Waals surface area contributed by atoms with E-state index in [1.807, 2.05) is 6.07 Å². The molecule has 25 heavy (non-hydrogen) atoms. The van der Waals surface area contributed by atoms with Crippen molar-refractivity contribution in [2.75, 3.05) is 19.6 Å². The Morgan fingerprint density at radius 2 is 2.00 bits per heavy atom. The van der Waals surface area contributed by atoms with Crippen LogP contribution in [0, 0.1) is 5.92 Å². The Bertz CT molecular complexity index is 741. The fraction of sp³-hybridized carbons (Fsp3) is 0.588. The summed E-state index contributed by atoms with van der Waals surface area (Å²) in [6.07, 6.45) is 0.166. The highest BCUT2D eigenvalue weighted by Gasteiger charge is 2.38. The molecule has 1 aliphatic heterocycles. The van der Waals surface area contributed by atoms with Crippen LogP contribution in [-0.4, -0.2) is 39.7 Å². The average molecular weight is 352 g/mol. The fourth-order valence-corrected chi connectivity index (χ4v) is 3.37. The maximum atomic E-state index is 12.6. The van der Waals surface area contributed by atoms with Crippen LogP contribution in [0.25, 0.3) is 11.5 Å². The number of halogens is 3. The minimum absolute atomic E-state index is 0.125. The summed E-state index contributed by atoms with van der Waals surface area (Å²) >= 11 is 0. The third kappa shape index (κ3) is 3.84. The van der Waals surface area contributed by atoms with Crippen LogP contribution in [-0.2, 0) is 6.18 Å². The highest BCUT2D eigenvalue weighted by Crippen LogP contribution is 2.33. The molecular weight excluding hydrogens is 333 g/mol. The number of alkyl halides is 3. The zero-order valence-corrected chi connectivity index (χ0v) is 13.7. The molecule has 0 amide bonds. The second kappa shape index (κ2) is 6.40. The van der Waals surface area contributed by atoms with Crippen LogP contribution in [0.4, 0.5) is 13.2 Å². The number of pyridine rings is 1. The van der Waals surface area contributed by atoms with E-state index in [9.17, 15) is 13.2 Å². The number of piperidine rings is 1. The number of nitrogens with zero attached hydrogens (tertiary/aromatic N) is 4. The molecule has 0 aromatic carbocycles. The second-order valence-corrected chi connectivity index (χ2v) is 6.91. The molecule has 4 rings (SSSR count). The van der Waals surface area contributed by atoms with E-state index in [-0.39, 0.29) is 5.82 Å². The van der Waals surface area contributed by atoms with Gasteiger partial charge in [0.15, 0.2) is 0 Å². The molecule has 2 aliphatic rings. The Labute approximate surface area is 143 Å². The molecule has 1 aliphatic carbocycles. The van der Waals surface area contributed by atoms with Gasteiger partial charge in [0.05, 0.1) is 0 Å². The summed E-state index contributed by atoms with van der Waals surface area (Å²) in [6.45, 7) is 3.22. The van der Waals surface area contributed by atoms with Crippen LogP contribution < -0.4 is 0 Å². The molecule has 0 radical (unpaired) electrons. The van der Waals surface area contributed by atoms with Crippen LogP contribution in [0.1, 0.15) is 43.2 Å². The molecule has 5 nitrogen and oxygen atoms in total. The smallest absolute Gasteiger partial charge is 0.329 e. The Morgan fingerprint density at radius 1 is 1.16 bits per heavy atom. The van der Waals surface area contributed by atoms with Crippen molar-refractivity contribution in [2.24, 2.45) is 5.92 Å². The van der Waals surface area contributed by atoms with E-state index in [0.29, 0.717) is 11.6 Å². The molecule has 134 valence electrons. The lowest BCUT2D eigenvalue weighted by Crippen LogP contribution is -2.36. The van der Waals surface area contributed by atoms with Gasteiger partial charge in [-0.05, 0) is 50.3 Å². The molecule has 8 heteroatoms. The van der Waals surface area contributed by atoms with Crippen LogP contribution in [0.15, 0.2) is 22.7 Å². The zero-order chi connectivity index (χ0) is 17.4. The Morgan fingerprint density at radius 3 is 2.72 bits per heavy atom. The van der Waals surface area contributed by atoms with Crippen molar-refractivity contribution in [3.05, 3.63) is 29.8 Å². The van der Waals surface area contributed by atoms with E-state index < -0.39 is 12.1 Å². The van der Waals surface area contributed by atoms with Gasteiger partial charge in [0.2, 0.25) is 5.82 Å². The van der Waals surface area contributed by atoms with Gasteiger partial charge in [-0.1, -0.05) is 11.2 Å². The van der Waals surface area contributed by atoms with Gasteiger partial charge in [-0.15, -0.1) is 0 Å². The molecule has 1 saturated carbocycles. The van der Waals surface area contributed by atoms with Crippen LogP contribution in [0.2, 0.25) is 0 Å². The van der Waals surface area contributed by atoms with Gasteiger partial charge in [-0.25, -0.2) is 4.98 Å². The van der Waals surface area contributed by atoms with E-state index in [2.05, 4.69) is 24.5 Å². The van der Waals surface area contributed by atoms with Crippen LogP contribution >= 0.6 is 0 Å². The lowest BCUT2D eigenvalue weighted by atomic mass is 9.94. The summed E-state index contributed by atoms with van der Waals surface area (Å²) in [5, 5.41) is 3.42. The fourth-order valence-electron chi connectivity index (χ4n) is 3.37. The van der Waals surface area contributed by atoms with Gasteiger partial charge in [-0.3, -0.25) is 0 Å². The molecule has 0 spiro atoms. The van der Waals surface area contributed by atoms with E-state index in [4.69, 9.17) is 0 Å². The lowest BCUT2D eigenvalue weighted by Gasteiger charge is -2.32. The summed E-state index contributed by atoms with van der Waals surface area (Å²) in [4.78, 5) is 10.4. The zero-order valence-electron chi connectivity index (χ0n) is 13.7. The molecular formula is C17H19F3N4O. The molecule has 3 heterocycles. The summed E-state index contributed by atoms with van der Waals surface area (Å²) in [5.41, 5.74) is 1.20. The quantitative estimate of drug-likeness (QED) is 0.839. The van der Waals surface area contributed by atoms with Gasteiger partial charge in [-0.2, -0.15) is 18.2 Å². The first-order valence-electron chi connectivity index (χ1n) is 8.59. The summed E-state index contributed by atoms with van der Waals surface area (Å²) in [5.74, 6) is -0.331. The van der Waals surface area contributed by atoms with Crippen molar-refractivity contribution < 1.29 is 17.7 Å². The minimum Gasteiger partial charge on any atom is -0.329 e. The first-order chi connectivity index (χ1) is 12.0. The Hall–Kier alpha value is -1.96. The van der Waals surface area contributed by atoms with Crippen LogP contribution in [0.3, 0.4) is 0 Å². The number of hydrogen-bond donors (Lipinski definition) is 0. The van der Waals surface area contributed by atoms with Crippen molar-refractivity contribution in [3.63, 3.8) is 0 Å². The maximum Gasteiger partial charge on any atom is 0.471 e. The monoisotopic (exact) mass is 352 g/mol. The molecule has 1 atom stereocenters. The summed E-state index contributed by atoms with van der Waals surface area (Å²) < 4.78 is 42.2. The van der Waals surface area contributed by atoms with E-state index >= 15 is 0 Å².